The molecule has 0 aromatic heterocycles. The Morgan fingerprint density at radius 1 is 0.240 bits per heavy atom. The lowest BCUT2D eigenvalue weighted by Crippen LogP contribution is -2.30. The third-order valence-corrected chi connectivity index (χ3v) is 21.0. The largest absolute Gasteiger partial charge is 0.472 e. The van der Waals surface area contributed by atoms with E-state index in [0.717, 1.165) is 89.9 Å². The number of phosphoric acid groups is 2. The molecular weight excluding hydrogens is 1310 g/mol. The van der Waals surface area contributed by atoms with Crippen LogP contribution in [0.3, 0.4) is 0 Å². The van der Waals surface area contributed by atoms with Crippen molar-refractivity contribution in [3.05, 3.63) is 0 Å². The number of aliphatic hydroxyl groups is 1. The van der Waals surface area contributed by atoms with Gasteiger partial charge in [0.05, 0.1) is 26.4 Å². The summed E-state index contributed by atoms with van der Waals surface area (Å²) in [6, 6.07) is 0. The summed E-state index contributed by atoms with van der Waals surface area (Å²) in [7, 11) is -9.91. The van der Waals surface area contributed by atoms with Gasteiger partial charge in [0.25, 0.3) is 0 Å². The number of esters is 4. The highest BCUT2D eigenvalue weighted by Crippen LogP contribution is 2.45. The van der Waals surface area contributed by atoms with Crippen molar-refractivity contribution in [2.24, 2.45) is 0 Å². The van der Waals surface area contributed by atoms with E-state index in [2.05, 4.69) is 27.7 Å². The summed E-state index contributed by atoms with van der Waals surface area (Å²) in [5.41, 5.74) is 0. The molecular formula is C81H158O17P2. The maximum Gasteiger partial charge on any atom is 0.472 e. The summed E-state index contributed by atoms with van der Waals surface area (Å²) in [6.07, 6.45) is 68.1. The molecule has 0 bridgehead atoms. The lowest BCUT2D eigenvalue weighted by molar-refractivity contribution is -0.161. The molecule has 0 spiro atoms. The number of ether oxygens (including phenoxy) is 4. The number of unbranched alkanes of at least 4 members (excludes halogenated alkanes) is 56. The van der Waals surface area contributed by atoms with Crippen LogP contribution in [0.1, 0.15) is 439 Å². The van der Waals surface area contributed by atoms with Gasteiger partial charge in [-0.3, -0.25) is 37.3 Å². The Labute approximate surface area is 613 Å². The van der Waals surface area contributed by atoms with Crippen LogP contribution in [0.15, 0.2) is 0 Å². The summed E-state index contributed by atoms with van der Waals surface area (Å²) in [6.45, 7) is 5.00. The van der Waals surface area contributed by atoms with Crippen LogP contribution in [0.5, 0.6) is 0 Å². The van der Waals surface area contributed by atoms with E-state index >= 15 is 0 Å². The molecule has 0 fully saturated rings. The van der Waals surface area contributed by atoms with E-state index < -0.39 is 97.5 Å². The molecule has 594 valence electrons. The molecule has 0 radical (unpaired) electrons. The van der Waals surface area contributed by atoms with Crippen LogP contribution in [-0.4, -0.2) is 96.7 Å². The van der Waals surface area contributed by atoms with Gasteiger partial charge in [-0.15, -0.1) is 0 Å². The quantitative estimate of drug-likeness (QED) is 0.0222. The molecule has 19 heteroatoms. The van der Waals surface area contributed by atoms with Gasteiger partial charge in [-0.1, -0.05) is 387 Å². The number of rotatable bonds is 82. The highest BCUT2D eigenvalue weighted by Gasteiger charge is 2.30. The molecule has 0 rings (SSSR count). The minimum Gasteiger partial charge on any atom is -0.462 e. The van der Waals surface area contributed by atoms with Crippen molar-refractivity contribution < 1.29 is 80.2 Å². The average Bonchev–Trinajstić information content (AvgIpc) is 0.923. The molecule has 0 aromatic rings. The topological polar surface area (TPSA) is 237 Å². The van der Waals surface area contributed by atoms with Crippen LogP contribution in [0, 0.1) is 0 Å². The van der Waals surface area contributed by atoms with Crippen LogP contribution in [0.2, 0.25) is 0 Å². The smallest absolute Gasteiger partial charge is 0.462 e. The van der Waals surface area contributed by atoms with Gasteiger partial charge in [0.15, 0.2) is 12.2 Å². The fraction of sp³-hybridized carbons (Fsp3) is 0.951. The van der Waals surface area contributed by atoms with Crippen molar-refractivity contribution in [2.45, 2.75) is 457 Å². The highest BCUT2D eigenvalue weighted by molar-refractivity contribution is 7.47. The van der Waals surface area contributed by atoms with Gasteiger partial charge < -0.3 is 33.8 Å². The lowest BCUT2D eigenvalue weighted by atomic mass is 10.0. The zero-order valence-corrected chi connectivity index (χ0v) is 67.0. The zero-order valence-electron chi connectivity index (χ0n) is 65.2. The number of hydrogen-bond acceptors (Lipinski definition) is 15. The van der Waals surface area contributed by atoms with Crippen molar-refractivity contribution in [3.63, 3.8) is 0 Å². The predicted molar refractivity (Wildman–Crippen MR) is 409 cm³/mol. The first-order valence-electron chi connectivity index (χ1n) is 42.3. The van der Waals surface area contributed by atoms with Crippen LogP contribution in [0.4, 0.5) is 0 Å². The summed E-state index contributed by atoms with van der Waals surface area (Å²) in [5.74, 6) is -2.11. The normalized spacial score (nSPS) is 13.8. The summed E-state index contributed by atoms with van der Waals surface area (Å²) in [5, 5.41) is 10.6. The number of aliphatic hydroxyl groups excluding tert-OH is 1. The Morgan fingerprint density at radius 2 is 0.400 bits per heavy atom. The molecule has 0 aliphatic heterocycles. The molecule has 0 saturated carbocycles. The Balaban J connectivity index is 5.18. The molecule has 100 heavy (non-hydrogen) atoms. The van der Waals surface area contributed by atoms with Crippen LogP contribution < -0.4 is 0 Å². The first kappa shape index (κ1) is 98.1. The Morgan fingerprint density at radius 3 is 0.590 bits per heavy atom. The van der Waals surface area contributed by atoms with Crippen molar-refractivity contribution in [3.8, 4) is 0 Å². The van der Waals surface area contributed by atoms with Crippen LogP contribution >= 0.6 is 15.6 Å². The maximum atomic E-state index is 13.1. The van der Waals surface area contributed by atoms with E-state index in [1.807, 2.05) is 0 Å². The van der Waals surface area contributed by atoms with Gasteiger partial charge >= 0.3 is 39.5 Å². The number of hydrogen-bond donors (Lipinski definition) is 3. The minimum absolute atomic E-state index is 0.108. The number of carbonyl (C=O) groups is 4. The lowest BCUT2D eigenvalue weighted by Gasteiger charge is -2.21. The first-order valence-corrected chi connectivity index (χ1v) is 45.3. The summed E-state index contributed by atoms with van der Waals surface area (Å²) in [4.78, 5) is 72.9. The second-order valence-corrected chi connectivity index (χ2v) is 32.1. The minimum atomic E-state index is -4.96. The summed E-state index contributed by atoms with van der Waals surface area (Å²) >= 11 is 0. The third-order valence-electron chi connectivity index (χ3n) is 19.1. The van der Waals surface area contributed by atoms with E-state index in [0.29, 0.717) is 25.7 Å². The van der Waals surface area contributed by atoms with E-state index in [1.165, 1.54) is 270 Å². The van der Waals surface area contributed by atoms with Gasteiger partial charge in [-0.2, -0.15) is 0 Å². The summed E-state index contributed by atoms with van der Waals surface area (Å²) < 4.78 is 68.6. The molecule has 0 amide bonds. The number of phosphoric ester groups is 2. The van der Waals surface area contributed by atoms with E-state index in [9.17, 15) is 43.2 Å². The fourth-order valence-electron chi connectivity index (χ4n) is 12.6. The van der Waals surface area contributed by atoms with E-state index in [1.54, 1.807) is 0 Å². The van der Waals surface area contributed by atoms with Crippen molar-refractivity contribution in [2.75, 3.05) is 39.6 Å². The molecule has 17 nitrogen and oxygen atoms in total. The van der Waals surface area contributed by atoms with Gasteiger partial charge in [0.2, 0.25) is 0 Å². The molecule has 0 aromatic carbocycles. The Bertz CT molecular complexity index is 1890. The molecule has 3 N–H and O–H groups in total. The average molecular weight is 1470 g/mol. The van der Waals surface area contributed by atoms with Gasteiger partial charge in [0.1, 0.15) is 19.3 Å². The second kappa shape index (κ2) is 75.3. The van der Waals surface area contributed by atoms with Crippen molar-refractivity contribution >= 4 is 39.5 Å². The SMILES string of the molecule is CCCCCCCCCCCCCCCCCCCCCCCC(=O)O[C@H](COC(=O)CCCCCCCCCCCCCCCCCCCCC)COP(=O)(O)OC[C@@H](O)COP(=O)(O)OC[C@@H](COC(=O)CCCCCCCCCCC)OC(=O)CCCCCCCCCCCCC. The van der Waals surface area contributed by atoms with E-state index in [-0.39, 0.29) is 25.7 Å². The van der Waals surface area contributed by atoms with Crippen LogP contribution in [0.25, 0.3) is 0 Å². The highest BCUT2D eigenvalue weighted by atomic mass is 31.2. The van der Waals surface area contributed by atoms with Crippen molar-refractivity contribution in [1.82, 2.24) is 0 Å². The molecule has 0 aliphatic carbocycles. The molecule has 0 aliphatic rings. The monoisotopic (exact) mass is 1470 g/mol. The molecule has 5 atom stereocenters. The molecule has 0 saturated heterocycles. The van der Waals surface area contributed by atoms with Gasteiger partial charge in [0, 0.05) is 25.7 Å². The third kappa shape index (κ3) is 74.3. The van der Waals surface area contributed by atoms with Gasteiger partial charge in [-0.05, 0) is 25.7 Å². The maximum absolute atomic E-state index is 13.1. The Kier molecular flexibility index (Phi) is 73.8. The van der Waals surface area contributed by atoms with Crippen molar-refractivity contribution in [1.29, 1.82) is 0 Å². The molecule has 2 unspecified atom stereocenters. The first-order chi connectivity index (χ1) is 48.7. The fourth-order valence-corrected chi connectivity index (χ4v) is 14.2. The van der Waals surface area contributed by atoms with Gasteiger partial charge in [-0.25, -0.2) is 9.13 Å². The van der Waals surface area contributed by atoms with E-state index in [4.69, 9.17) is 37.0 Å². The zero-order chi connectivity index (χ0) is 73.2. The number of carbonyl (C=O) groups excluding carboxylic acids is 4. The predicted octanol–water partition coefficient (Wildman–Crippen LogP) is 24.6. The standard InChI is InChI=1S/C81H158O17P2/c1-5-9-13-17-21-25-28-30-32-34-36-37-39-41-43-45-48-52-56-60-64-68-81(86)98-77(72-92-79(84)66-62-58-54-50-47-44-42-40-38-35-33-31-29-26-22-18-14-10-6-2)74-96-100(89,90)94-70-75(82)69-93-99(87,88)95-73-76(71-91-78(83)65-61-57-53-49-24-20-16-12-8-4)97-80(85)67-63-59-55-51-46-27-23-19-15-11-7-3/h75-77,82H,5-74H2,1-4H3,(H,87,88)(H,89,90)/t75-,76+,77+/m0/s1. The molecule has 0 heterocycles. The van der Waals surface area contributed by atoms with Crippen LogP contribution in [-0.2, 0) is 65.4 Å². The second-order valence-electron chi connectivity index (χ2n) is 29.2. The Hall–Kier alpha value is -1.94.